The molecule has 62 heavy (non-hydrogen) atoms. The maximum absolute atomic E-state index is 14.1. The Labute approximate surface area is 357 Å². The molecule has 0 radical (unpaired) electrons. The van der Waals surface area contributed by atoms with Gasteiger partial charge in [0.2, 0.25) is 41.4 Å². The van der Waals surface area contributed by atoms with Gasteiger partial charge in [0, 0.05) is 36.4 Å². The number of aromatic amines is 1. The van der Waals surface area contributed by atoms with E-state index in [2.05, 4.69) is 36.9 Å². The van der Waals surface area contributed by atoms with Gasteiger partial charge in [-0.25, -0.2) is 4.79 Å². The van der Waals surface area contributed by atoms with Crippen molar-refractivity contribution in [1.29, 1.82) is 0 Å². The van der Waals surface area contributed by atoms with E-state index in [1.54, 1.807) is 60.8 Å². The molecule has 3 aromatic rings. The second-order valence-corrected chi connectivity index (χ2v) is 14.8. The summed E-state index contributed by atoms with van der Waals surface area (Å²) in [6.07, 6.45) is 1.05. The molecule has 1 heterocycles. The molecule has 7 amide bonds. The van der Waals surface area contributed by atoms with Crippen LogP contribution in [0, 0.1) is 0 Å². The minimum atomic E-state index is -1.70. The lowest BCUT2D eigenvalue weighted by atomic mass is 10.0. The van der Waals surface area contributed by atoms with Crippen LogP contribution in [0.25, 0.3) is 10.9 Å². The Hall–Kier alpha value is -6.87. The number of nitrogens with one attached hydrogen (secondary N) is 7. The number of carboxylic acid groups (broad SMARTS) is 2. The first-order valence-electron chi connectivity index (χ1n) is 20.0. The fraction of sp³-hybridized carbons (Fsp3) is 0.439. The number of primary amides is 1. The van der Waals surface area contributed by atoms with E-state index in [0.29, 0.717) is 24.0 Å². The summed E-state index contributed by atoms with van der Waals surface area (Å²) in [7, 11) is 0. The van der Waals surface area contributed by atoms with Crippen LogP contribution in [-0.4, -0.2) is 117 Å². The summed E-state index contributed by atoms with van der Waals surface area (Å²) in [6, 6.07) is 6.43. The van der Waals surface area contributed by atoms with Crippen LogP contribution in [0.5, 0.6) is 0 Å². The number of nitrogens with two attached hydrogens (primary N) is 3. The van der Waals surface area contributed by atoms with Gasteiger partial charge in [-0.2, -0.15) is 0 Å². The van der Waals surface area contributed by atoms with Gasteiger partial charge in [0.25, 0.3) is 0 Å². The van der Waals surface area contributed by atoms with E-state index in [1.807, 2.05) is 0 Å². The third kappa shape index (κ3) is 16.0. The fourth-order valence-electron chi connectivity index (χ4n) is 6.27. The molecule has 0 spiro atoms. The maximum atomic E-state index is 14.1. The van der Waals surface area contributed by atoms with Gasteiger partial charge in [0.15, 0.2) is 0 Å². The number of fused-ring (bicyclic) bond motifs is 1. The number of hydrogen-bond acceptors (Lipinski definition) is 11. The normalized spacial score (nSPS) is 14.4. The zero-order valence-electron chi connectivity index (χ0n) is 34.5. The van der Waals surface area contributed by atoms with E-state index in [0.717, 1.165) is 10.9 Å². The predicted octanol–water partition coefficient (Wildman–Crippen LogP) is -1.82. The first-order chi connectivity index (χ1) is 29.4. The summed E-state index contributed by atoms with van der Waals surface area (Å²) in [5, 5.41) is 34.3. The Morgan fingerprint density at radius 2 is 1.16 bits per heavy atom. The van der Waals surface area contributed by atoms with E-state index < -0.39 is 102 Å². The smallest absolute Gasteiger partial charge is 0.326 e. The quantitative estimate of drug-likeness (QED) is 0.0396. The van der Waals surface area contributed by atoms with Gasteiger partial charge in [-0.05, 0) is 63.3 Å². The number of para-hydroxylation sites is 1. The molecule has 0 saturated carbocycles. The average Bonchev–Trinajstić information content (AvgIpc) is 3.63. The number of rotatable bonds is 26. The summed E-state index contributed by atoms with van der Waals surface area (Å²) < 4.78 is 0. The summed E-state index contributed by atoms with van der Waals surface area (Å²) in [5.74, 6) is -8.56. The van der Waals surface area contributed by atoms with Crippen molar-refractivity contribution in [3.8, 4) is 0 Å². The summed E-state index contributed by atoms with van der Waals surface area (Å²) in [4.78, 5) is 118. The number of aliphatic carboxylic acids is 2. The second kappa shape index (κ2) is 24.4. The standard InChI is InChI=1S/C41H56N10O11/c1-22(47-37(57)27(43)15-16-34(53)54)35(55)46-23(2)36(56)49-30(18-24-10-4-3-5-11-24)39(59)48-29(14-8-9-17-42)38(58)50-31(40(60)51-32(41(61)62)20-33(44)52)19-25-21-45-28-13-7-6-12-26(25)28/h3-7,10-13,21-23,27,29-32,45H,8-9,14-20,42-43H2,1-2H3,(H2,44,52)(H,46,55)(H,47,57)(H,48,59)(H,49,56)(H,50,58)(H,51,60)(H,53,54)(H,61,62). The third-order valence-electron chi connectivity index (χ3n) is 9.76. The number of benzene rings is 2. The number of hydrogen-bond donors (Lipinski definition) is 12. The molecule has 336 valence electrons. The number of amides is 7. The molecule has 0 aliphatic carbocycles. The van der Waals surface area contributed by atoms with Gasteiger partial charge in [-0.15, -0.1) is 0 Å². The topological polar surface area (TPSA) is 360 Å². The number of unbranched alkanes of at least 4 members (excludes halogenated alkanes) is 1. The molecule has 0 saturated heterocycles. The molecule has 2 aromatic carbocycles. The van der Waals surface area contributed by atoms with Crippen LogP contribution in [0.4, 0.5) is 0 Å². The monoisotopic (exact) mass is 864 g/mol. The summed E-state index contributed by atoms with van der Waals surface area (Å²) >= 11 is 0. The van der Waals surface area contributed by atoms with Gasteiger partial charge < -0.3 is 64.3 Å². The molecule has 0 aliphatic rings. The highest BCUT2D eigenvalue weighted by molar-refractivity contribution is 5.97. The Kier molecular flexibility index (Phi) is 19.5. The minimum Gasteiger partial charge on any atom is -0.481 e. The molecule has 1 aromatic heterocycles. The van der Waals surface area contributed by atoms with E-state index in [4.69, 9.17) is 22.3 Å². The van der Waals surface area contributed by atoms with Crippen LogP contribution >= 0.6 is 0 Å². The lowest BCUT2D eigenvalue weighted by molar-refractivity contribution is -0.143. The lowest BCUT2D eigenvalue weighted by Crippen LogP contribution is -2.60. The zero-order valence-corrected chi connectivity index (χ0v) is 34.5. The average molecular weight is 865 g/mol. The highest BCUT2D eigenvalue weighted by atomic mass is 16.4. The van der Waals surface area contributed by atoms with Crippen molar-refractivity contribution >= 4 is 64.2 Å². The van der Waals surface area contributed by atoms with E-state index in [1.165, 1.54) is 13.8 Å². The van der Waals surface area contributed by atoms with Crippen LogP contribution < -0.4 is 49.1 Å². The van der Waals surface area contributed by atoms with E-state index in [-0.39, 0.29) is 38.6 Å². The van der Waals surface area contributed by atoms with Crippen LogP contribution in [0.1, 0.15) is 63.5 Å². The summed E-state index contributed by atoms with van der Waals surface area (Å²) in [6.45, 7) is 2.95. The molecule has 21 nitrogen and oxygen atoms in total. The van der Waals surface area contributed by atoms with E-state index >= 15 is 0 Å². The summed E-state index contributed by atoms with van der Waals surface area (Å²) in [5.41, 5.74) is 18.6. The molecule has 0 fully saturated rings. The van der Waals surface area contributed by atoms with Crippen molar-refractivity contribution in [2.24, 2.45) is 17.2 Å². The first kappa shape index (κ1) is 49.5. The van der Waals surface area contributed by atoms with E-state index in [9.17, 15) is 48.3 Å². The van der Waals surface area contributed by atoms with Crippen molar-refractivity contribution < 1.29 is 53.4 Å². The van der Waals surface area contributed by atoms with Crippen LogP contribution in [-0.2, 0) is 56.0 Å². The largest absolute Gasteiger partial charge is 0.481 e. The molecule has 15 N–H and O–H groups in total. The number of aromatic nitrogens is 1. The Bertz CT molecular complexity index is 2060. The molecule has 21 heteroatoms. The molecular formula is C41H56N10O11. The second-order valence-electron chi connectivity index (χ2n) is 14.8. The van der Waals surface area contributed by atoms with Crippen molar-refractivity contribution in [1.82, 2.24) is 36.9 Å². The van der Waals surface area contributed by atoms with Gasteiger partial charge in [-0.3, -0.25) is 38.4 Å². The molecule has 3 rings (SSSR count). The Balaban J connectivity index is 1.84. The van der Waals surface area contributed by atoms with Gasteiger partial charge in [0.1, 0.15) is 36.3 Å². The Morgan fingerprint density at radius 3 is 1.77 bits per heavy atom. The highest BCUT2D eigenvalue weighted by Crippen LogP contribution is 2.20. The Morgan fingerprint density at radius 1 is 0.629 bits per heavy atom. The van der Waals surface area contributed by atoms with Crippen molar-refractivity contribution in [2.45, 2.75) is 108 Å². The van der Waals surface area contributed by atoms with Crippen LogP contribution in [0.2, 0.25) is 0 Å². The first-order valence-corrected chi connectivity index (χ1v) is 20.0. The number of carbonyl (C=O) groups is 9. The molecule has 7 unspecified atom stereocenters. The molecule has 7 atom stereocenters. The zero-order chi connectivity index (χ0) is 45.9. The highest BCUT2D eigenvalue weighted by Gasteiger charge is 2.33. The molecular weight excluding hydrogens is 809 g/mol. The van der Waals surface area contributed by atoms with Gasteiger partial charge in [-0.1, -0.05) is 48.5 Å². The van der Waals surface area contributed by atoms with Crippen molar-refractivity contribution in [3.63, 3.8) is 0 Å². The third-order valence-corrected chi connectivity index (χ3v) is 9.76. The van der Waals surface area contributed by atoms with Crippen molar-refractivity contribution in [2.75, 3.05) is 6.54 Å². The SMILES string of the molecule is CC(NC(=O)C(N)CCC(=O)O)C(=O)NC(C)C(=O)NC(Cc1ccccc1)C(=O)NC(CCCCN)C(=O)NC(Cc1c[nH]c2ccccc12)C(=O)NC(CC(N)=O)C(=O)O. The predicted molar refractivity (Wildman–Crippen MR) is 224 cm³/mol. The minimum absolute atomic E-state index is 0.0393. The molecule has 0 aliphatic heterocycles. The van der Waals surface area contributed by atoms with Crippen LogP contribution in [0.3, 0.4) is 0 Å². The molecule has 0 bridgehead atoms. The number of carbonyl (C=O) groups excluding carboxylic acids is 7. The van der Waals surface area contributed by atoms with Crippen molar-refractivity contribution in [3.05, 3.63) is 71.9 Å². The van der Waals surface area contributed by atoms with Gasteiger partial charge >= 0.3 is 11.9 Å². The van der Waals surface area contributed by atoms with Crippen LogP contribution in [0.15, 0.2) is 60.8 Å². The number of carboxylic acids is 2. The fourth-order valence-corrected chi connectivity index (χ4v) is 6.27. The lowest BCUT2D eigenvalue weighted by Gasteiger charge is -2.27. The maximum Gasteiger partial charge on any atom is 0.326 e. The van der Waals surface area contributed by atoms with Gasteiger partial charge in [0.05, 0.1) is 12.5 Å². The number of H-pyrrole nitrogens is 1.